The van der Waals surface area contributed by atoms with Crippen LogP contribution in [0.1, 0.15) is 23.0 Å². The molecule has 0 atom stereocenters. The van der Waals surface area contributed by atoms with E-state index in [4.69, 9.17) is 5.84 Å². The van der Waals surface area contributed by atoms with Crippen LogP contribution in [-0.2, 0) is 6.42 Å². The molecular weight excluding hydrogens is 192 g/mol. The molecule has 0 aromatic carbocycles. The minimum atomic E-state index is -0.354. The molecule has 1 rings (SSSR count). The number of nitrogens with one attached hydrogen (secondary N) is 1. The summed E-state index contributed by atoms with van der Waals surface area (Å²) in [6.07, 6.45) is 3.55. The Kier molecular flexibility index (Phi) is 4.94. The molecule has 0 spiro atoms. The van der Waals surface area contributed by atoms with E-state index in [9.17, 15) is 4.79 Å². The lowest BCUT2D eigenvalue weighted by molar-refractivity contribution is 0.0952. The number of amides is 1. The monoisotopic (exact) mass is 202 g/mol. The molecule has 0 aliphatic carbocycles. The van der Waals surface area contributed by atoms with Crippen molar-refractivity contribution < 1.29 is 4.79 Å². The number of nitrogen functional groups attached to an aromatic ring is 1. The topological polar surface area (TPSA) is 80.9 Å². The zero-order valence-electron chi connectivity index (χ0n) is 7.15. The van der Waals surface area contributed by atoms with Crippen molar-refractivity contribution >= 4 is 18.3 Å². The Morgan fingerprint density at radius 1 is 1.69 bits per heavy atom. The van der Waals surface area contributed by atoms with Gasteiger partial charge in [-0.25, -0.2) is 15.8 Å². The zero-order chi connectivity index (χ0) is 8.97. The van der Waals surface area contributed by atoms with Crippen molar-refractivity contribution in [3.05, 3.63) is 23.8 Å². The average molecular weight is 203 g/mol. The molecule has 1 aromatic heterocycles. The Morgan fingerprint density at radius 2 is 2.38 bits per heavy atom. The molecule has 0 radical (unpaired) electrons. The number of nitrogens with two attached hydrogens (primary N) is 1. The molecule has 0 saturated heterocycles. The van der Waals surface area contributed by atoms with Crippen LogP contribution in [0.15, 0.2) is 12.5 Å². The number of aromatic nitrogens is 2. The Hall–Kier alpha value is -1.20. The third kappa shape index (κ3) is 2.64. The standard InChI is InChI=1S/C7H10N4O.ClH/c1-2-6-5(7(12)11-8)3-9-4-10-6;/h3-4H,2,8H2,1H3,(H,11,12);1H. The van der Waals surface area contributed by atoms with E-state index in [-0.39, 0.29) is 18.3 Å². The SMILES string of the molecule is CCc1ncncc1C(=O)NN.Cl. The number of hydrogen-bond donors (Lipinski definition) is 2. The minimum absolute atomic E-state index is 0. The van der Waals surface area contributed by atoms with Crippen LogP contribution in [0, 0.1) is 0 Å². The van der Waals surface area contributed by atoms with Crippen molar-refractivity contribution in [2.24, 2.45) is 5.84 Å². The predicted octanol–water partition coefficient (Wildman–Crippen LogP) is 0.0643. The highest BCUT2D eigenvalue weighted by Crippen LogP contribution is 2.02. The van der Waals surface area contributed by atoms with E-state index in [1.54, 1.807) is 0 Å². The summed E-state index contributed by atoms with van der Waals surface area (Å²) in [7, 11) is 0. The molecule has 5 nitrogen and oxygen atoms in total. The van der Waals surface area contributed by atoms with Crippen LogP contribution in [0.3, 0.4) is 0 Å². The molecule has 1 amide bonds. The molecule has 13 heavy (non-hydrogen) atoms. The zero-order valence-corrected chi connectivity index (χ0v) is 7.97. The van der Waals surface area contributed by atoms with E-state index in [1.165, 1.54) is 12.5 Å². The van der Waals surface area contributed by atoms with Crippen LogP contribution < -0.4 is 11.3 Å². The number of carbonyl (C=O) groups excluding carboxylic acids is 1. The molecule has 0 aliphatic rings. The van der Waals surface area contributed by atoms with Gasteiger partial charge in [-0.1, -0.05) is 6.92 Å². The Morgan fingerprint density at radius 3 is 2.92 bits per heavy atom. The summed E-state index contributed by atoms with van der Waals surface area (Å²) in [5.74, 6) is 4.62. The number of aryl methyl sites for hydroxylation is 1. The van der Waals surface area contributed by atoms with E-state index in [0.29, 0.717) is 17.7 Å². The molecule has 72 valence electrons. The summed E-state index contributed by atoms with van der Waals surface area (Å²) in [5, 5.41) is 0. The first kappa shape index (κ1) is 11.8. The van der Waals surface area contributed by atoms with Gasteiger partial charge in [0.15, 0.2) is 0 Å². The van der Waals surface area contributed by atoms with Crippen LogP contribution in [0.25, 0.3) is 0 Å². The second kappa shape index (κ2) is 5.45. The summed E-state index contributed by atoms with van der Waals surface area (Å²) >= 11 is 0. The van der Waals surface area contributed by atoms with Crippen LogP contribution in [0.4, 0.5) is 0 Å². The third-order valence-electron chi connectivity index (χ3n) is 1.51. The summed E-state index contributed by atoms with van der Waals surface area (Å²) in [5.41, 5.74) is 3.17. The summed E-state index contributed by atoms with van der Waals surface area (Å²) < 4.78 is 0. The van der Waals surface area contributed by atoms with Gasteiger partial charge in [-0.05, 0) is 6.42 Å². The van der Waals surface area contributed by atoms with Crippen molar-refractivity contribution in [2.45, 2.75) is 13.3 Å². The van der Waals surface area contributed by atoms with Gasteiger partial charge in [0.25, 0.3) is 5.91 Å². The van der Waals surface area contributed by atoms with Crippen LogP contribution in [0.5, 0.6) is 0 Å². The van der Waals surface area contributed by atoms with E-state index in [1.807, 2.05) is 12.3 Å². The minimum Gasteiger partial charge on any atom is -0.290 e. The first-order valence-electron chi connectivity index (χ1n) is 3.59. The highest BCUT2D eigenvalue weighted by Gasteiger charge is 2.08. The van der Waals surface area contributed by atoms with E-state index in [0.717, 1.165) is 0 Å². The number of hydrazine groups is 1. The summed E-state index contributed by atoms with van der Waals surface area (Å²) in [6.45, 7) is 1.91. The van der Waals surface area contributed by atoms with Crippen molar-refractivity contribution in [3.63, 3.8) is 0 Å². The molecule has 0 saturated carbocycles. The highest BCUT2D eigenvalue weighted by atomic mass is 35.5. The molecule has 1 aromatic rings. The van der Waals surface area contributed by atoms with E-state index >= 15 is 0 Å². The molecule has 0 fully saturated rings. The molecule has 6 heteroatoms. The second-order valence-corrected chi connectivity index (χ2v) is 2.21. The molecule has 1 heterocycles. The first-order chi connectivity index (χ1) is 5.79. The van der Waals surface area contributed by atoms with Gasteiger partial charge in [0.2, 0.25) is 0 Å². The lowest BCUT2D eigenvalue weighted by Gasteiger charge is -2.02. The van der Waals surface area contributed by atoms with Gasteiger partial charge < -0.3 is 0 Å². The maximum absolute atomic E-state index is 11.1. The number of nitrogens with zero attached hydrogens (tertiary/aromatic N) is 2. The number of halogens is 1. The fraction of sp³-hybridized carbons (Fsp3) is 0.286. The Bertz CT molecular complexity index is 292. The van der Waals surface area contributed by atoms with Crippen molar-refractivity contribution in [3.8, 4) is 0 Å². The third-order valence-corrected chi connectivity index (χ3v) is 1.51. The van der Waals surface area contributed by atoms with E-state index in [2.05, 4.69) is 9.97 Å². The maximum Gasteiger partial charge on any atom is 0.268 e. The second-order valence-electron chi connectivity index (χ2n) is 2.21. The number of rotatable bonds is 2. The molecular formula is C7H11ClN4O. The average Bonchev–Trinajstić information content (AvgIpc) is 2.16. The lowest BCUT2D eigenvalue weighted by atomic mass is 10.2. The fourth-order valence-corrected chi connectivity index (χ4v) is 0.904. The van der Waals surface area contributed by atoms with Gasteiger partial charge in [0.1, 0.15) is 6.33 Å². The molecule has 0 aliphatic heterocycles. The van der Waals surface area contributed by atoms with Crippen LogP contribution in [0.2, 0.25) is 0 Å². The molecule has 0 bridgehead atoms. The largest absolute Gasteiger partial charge is 0.290 e. The summed E-state index contributed by atoms with van der Waals surface area (Å²) in [4.78, 5) is 18.8. The molecule has 0 unspecified atom stereocenters. The lowest BCUT2D eigenvalue weighted by Crippen LogP contribution is -2.31. The number of carbonyl (C=O) groups is 1. The van der Waals surface area contributed by atoms with Gasteiger partial charge >= 0.3 is 0 Å². The summed E-state index contributed by atoms with van der Waals surface area (Å²) in [6, 6.07) is 0. The fourth-order valence-electron chi connectivity index (χ4n) is 0.904. The van der Waals surface area contributed by atoms with Gasteiger partial charge in [-0.2, -0.15) is 0 Å². The van der Waals surface area contributed by atoms with Gasteiger partial charge in [-0.15, -0.1) is 12.4 Å². The smallest absolute Gasteiger partial charge is 0.268 e. The van der Waals surface area contributed by atoms with Crippen LogP contribution >= 0.6 is 12.4 Å². The van der Waals surface area contributed by atoms with Crippen molar-refractivity contribution in [2.75, 3.05) is 0 Å². The quantitative estimate of drug-likeness (QED) is 0.404. The van der Waals surface area contributed by atoms with Crippen molar-refractivity contribution in [1.82, 2.24) is 15.4 Å². The van der Waals surface area contributed by atoms with Crippen molar-refractivity contribution in [1.29, 1.82) is 0 Å². The van der Waals surface area contributed by atoms with Crippen LogP contribution in [-0.4, -0.2) is 15.9 Å². The van der Waals surface area contributed by atoms with Gasteiger partial charge in [0, 0.05) is 6.20 Å². The van der Waals surface area contributed by atoms with Gasteiger partial charge in [0.05, 0.1) is 11.3 Å². The Balaban J connectivity index is 0.00000144. The molecule has 3 N–H and O–H groups in total. The maximum atomic E-state index is 11.1. The first-order valence-corrected chi connectivity index (χ1v) is 3.59. The predicted molar refractivity (Wildman–Crippen MR) is 50.3 cm³/mol. The Labute approximate surface area is 82.1 Å². The normalized spacial score (nSPS) is 8.77. The van der Waals surface area contributed by atoms with Gasteiger partial charge in [-0.3, -0.25) is 10.2 Å². The van der Waals surface area contributed by atoms with E-state index < -0.39 is 0 Å². The number of hydrogen-bond acceptors (Lipinski definition) is 4. The highest BCUT2D eigenvalue weighted by molar-refractivity contribution is 5.94.